The van der Waals surface area contributed by atoms with E-state index in [1.54, 1.807) is 0 Å². The Balaban J connectivity index is 1.84. The molecule has 2 atom stereocenters. The molecule has 1 heterocycles. The maximum absolute atomic E-state index is 5.91. The van der Waals surface area contributed by atoms with Crippen molar-refractivity contribution in [1.82, 2.24) is 5.32 Å². The Morgan fingerprint density at radius 1 is 1.32 bits per heavy atom. The third kappa shape index (κ3) is 2.47. The van der Waals surface area contributed by atoms with E-state index in [9.17, 15) is 0 Å². The van der Waals surface area contributed by atoms with Crippen LogP contribution in [0.15, 0.2) is 10.5 Å². The van der Waals surface area contributed by atoms with Crippen LogP contribution in [0.25, 0.3) is 0 Å². The molecule has 2 aliphatic carbocycles. The first-order valence-electron chi connectivity index (χ1n) is 7.64. The molecule has 0 amide bonds. The van der Waals surface area contributed by atoms with Crippen LogP contribution in [0.3, 0.4) is 0 Å². The molecular weight excluding hydrogens is 234 g/mol. The zero-order valence-corrected chi connectivity index (χ0v) is 13.0. The van der Waals surface area contributed by atoms with E-state index in [1.807, 2.05) is 0 Å². The Morgan fingerprint density at radius 3 is 2.63 bits per heavy atom. The molecule has 0 bridgehead atoms. The van der Waals surface area contributed by atoms with Gasteiger partial charge in [-0.15, -0.1) is 0 Å². The minimum Gasteiger partial charge on any atom is -0.466 e. The molecule has 2 heteroatoms. The fraction of sp³-hybridized carbons (Fsp3) is 0.765. The molecule has 1 fully saturated rings. The van der Waals surface area contributed by atoms with Crippen molar-refractivity contribution in [3.63, 3.8) is 0 Å². The molecule has 0 aliphatic heterocycles. The maximum Gasteiger partial charge on any atom is 0.109 e. The second-order valence-electron chi connectivity index (χ2n) is 7.88. The van der Waals surface area contributed by atoms with Gasteiger partial charge in [0.1, 0.15) is 11.5 Å². The highest BCUT2D eigenvalue weighted by Gasteiger charge is 2.44. The molecule has 19 heavy (non-hydrogen) atoms. The minimum absolute atomic E-state index is 0.332. The summed E-state index contributed by atoms with van der Waals surface area (Å²) in [6.45, 7) is 11.5. The van der Waals surface area contributed by atoms with Crippen molar-refractivity contribution in [3.8, 4) is 0 Å². The molecule has 106 valence electrons. The molecule has 3 rings (SSSR count). The Bertz CT molecular complexity index is 481. The van der Waals surface area contributed by atoms with Gasteiger partial charge in [0.15, 0.2) is 0 Å². The first-order valence-corrected chi connectivity index (χ1v) is 7.64. The predicted molar refractivity (Wildman–Crippen MR) is 78.2 cm³/mol. The molecular formula is C17H27NO. The van der Waals surface area contributed by atoms with E-state index < -0.39 is 0 Å². The normalized spacial score (nSPS) is 28.8. The standard InChI is InChI=1S/C17H27NO/c1-11-8-13-14(18-12(2)17(5)6-7-17)9-16(3,4)10-15(13)19-11/h8,12,14,18H,6-7,9-10H2,1-5H3. The first-order chi connectivity index (χ1) is 8.79. The predicted octanol–water partition coefficient (Wildman–Crippen LogP) is 4.38. The topological polar surface area (TPSA) is 25.2 Å². The zero-order chi connectivity index (χ0) is 13.8. The largest absolute Gasteiger partial charge is 0.466 e. The van der Waals surface area contributed by atoms with Crippen LogP contribution in [0.1, 0.15) is 70.1 Å². The number of hydrogen-bond donors (Lipinski definition) is 1. The minimum atomic E-state index is 0.332. The number of nitrogens with one attached hydrogen (secondary N) is 1. The van der Waals surface area contributed by atoms with Crippen LogP contribution in [0.5, 0.6) is 0 Å². The SMILES string of the molecule is Cc1cc2c(o1)CC(C)(C)CC2NC(C)C1(C)CC1. The Hall–Kier alpha value is -0.760. The van der Waals surface area contributed by atoms with Gasteiger partial charge in [-0.1, -0.05) is 20.8 Å². The van der Waals surface area contributed by atoms with E-state index in [-0.39, 0.29) is 0 Å². The fourth-order valence-corrected chi connectivity index (χ4v) is 3.47. The van der Waals surface area contributed by atoms with E-state index >= 15 is 0 Å². The van der Waals surface area contributed by atoms with Gasteiger partial charge in [-0.2, -0.15) is 0 Å². The maximum atomic E-state index is 5.91. The number of aryl methyl sites for hydroxylation is 1. The van der Waals surface area contributed by atoms with Crippen molar-refractivity contribution < 1.29 is 4.42 Å². The summed E-state index contributed by atoms with van der Waals surface area (Å²) in [4.78, 5) is 0. The quantitative estimate of drug-likeness (QED) is 0.873. The lowest BCUT2D eigenvalue weighted by molar-refractivity contribution is 0.212. The highest BCUT2D eigenvalue weighted by molar-refractivity contribution is 5.29. The van der Waals surface area contributed by atoms with Crippen LogP contribution in [0.2, 0.25) is 0 Å². The van der Waals surface area contributed by atoms with Crippen LogP contribution in [-0.4, -0.2) is 6.04 Å². The summed E-state index contributed by atoms with van der Waals surface area (Å²) < 4.78 is 5.91. The van der Waals surface area contributed by atoms with E-state index in [0.717, 1.165) is 12.2 Å². The lowest BCUT2D eigenvalue weighted by Crippen LogP contribution is -2.40. The summed E-state index contributed by atoms with van der Waals surface area (Å²) in [5.41, 5.74) is 2.27. The van der Waals surface area contributed by atoms with E-state index in [2.05, 4.69) is 46.0 Å². The van der Waals surface area contributed by atoms with E-state index in [0.29, 0.717) is 22.9 Å². The molecule has 1 saturated carbocycles. The highest BCUT2D eigenvalue weighted by atomic mass is 16.3. The van der Waals surface area contributed by atoms with Crippen molar-refractivity contribution >= 4 is 0 Å². The zero-order valence-electron chi connectivity index (χ0n) is 13.0. The van der Waals surface area contributed by atoms with Gasteiger partial charge in [-0.3, -0.25) is 0 Å². The third-order valence-electron chi connectivity index (χ3n) is 5.27. The molecule has 0 saturated heterocycles. The average molecular weight is 261 g/mol. The Morgan fingerprint density at radius 2 is 2.00 bits per heavy atom. The molecule has 2 nitrogen and oxygen atoms in total. The highest BCUT2D eigenvalue weighted by Crippen LogP contribution is 2.50. The third-order valence-corrected chi connectivity index (χ3v) is 5.27. The van der Waals surface area contributed by atoms with Gasteiger partial charge in [0.25, 0.3) is 0 Å². The van der Waals surface area contributed by atoms with Crippen molar-refractivity contribution in [2.45, 2.75) is 72.4 Å². The molecule has 1 aromatic heterocycles. The second kappa shape index (κ2) is 4.12. The van der Waals surface area contributed by atoms with Crippen LogP contribution < -0.4 is 5.32 Å². The Labute approximate surface area is 117 Å². The van der Waals surface area contributed by atoms with Gasteiger partial charge in [0, 0.05) is 24.1 Å². The van der Waals surface area contributed by atoms with Crippen LogP contribution >= 0.6 is 0 Å². The lowest BCUT2D eigenvalue weighted by Gasteiger charge is -2.37. The summed E-state index contributed by atoms with van der Waals surface area (Å²) in [5.74, 6) is 2.26. The first kappa shape index (κ1) is 13.2. The summed E-state index contributed by atoms with van der Waals surface area (Å²) in [6, 6.07) is 3.29. The number of fused-ring (bicyclic) bond motifs is 1. The summed E-state index contributed by atoms with van der Waals surface area (Å²) >= 11 is 0. The van der Waals surface area contributed by atoms with E-state index in [4.69, 9.17) is 4.42 Å². The van der Waals surface area contributed by atoms with Crippen LogP contribution in [-0.2, 0) is 6.42 Å². The molecule has 1 aromatic rings. The summed E-state index contributed by atoms with van der Waals surface area (Å²) in [6.07, 6.45) is 5.02. The van der Waals surface area contributed by atoms with Crippen molar-refractivity contribution in [1.29, 1.82) is 0 Å². The van der Waals surface area contributed by atoms with Gasteiger partial charge >= 0.3 is 0 Å². The number of furan rings is 1. The van der Waals surface area contributed by atoms with Gasteiger partial charge in [-0.05, 0) is 50.0 Å². The van der Waals surface area contributed by atoms with Gasteiger partial charge in [0.2, 0.25) is 0 Å². The molecule has 2 unspecified atom stereocenters. The average Bonchev–Trinajstić information content (AvgIpc) is 2.91. The number of rotatable bonds is 3. The molecule has 0 spiro atoms. The monoisotopic (exact) mass is 261 g/mol. The van der Waals surface area contributed by atoms with Gasteiger partial charge < -0.3 is 9.73 Å². The van der Waals surface area contributed by atoms with E-state index in [1.165, 1.54) is 30.6 Å². The summed E-state index contributed by atoms with van der Waals surface area (Å²) in [7, 11) is 0. The molecule has 2 aliphatic rings. The molecule has 1 N–H and O–H groups in total. The number of hydrogen-bond acceptors (Lipinski definition) is 2. The fourth-order valence-electron chi connectivity index (χ4n) is 3.47. The second-order valence-corrected chi connectivity index (χ2v) is 7.88. The van der Waals surface area contributed by atoms with Crippen molar-refractivity contribution in [2.24, 2.45) is 10.8 Å². The van der Waals surface area contributed by atoms with Gasteiger partial charge in [-0.25, -0.2) is 0 Å². The van der Waals surface area contributed by atoms with Crippen molar-refractivity contribution in [2.75, 3.05) is 0 Å². The molecule has 0 aromatic carbocycles. The van der Waals surface area contributed by atoms with Crippen LogP contribution in [0, 0.1) is 17.8 Å². The smallest absolute Gasteiger partial charge is 0.109 e. The van der Waals surface area contributed by atoms with Crippen LogP contribution in [0.4, 0.5) is 0 Å². The lowest BCUT2D eigenvalue weighted by atomic mass is 9.74. The summed E-state index contributed by atoms with van der Waals surface area (Å²) in [5, 5.41) is 3.89. The van der Waals surface area contributed by atoms with Gasteiger partial charge in [0.05, 0.1) is 0 Å². The Kier molecular flexibility index (Phi) is 2.87. The molecule has 0 radical (unpaired) electrons. The van der Waals surface area contributed by atoms with Crippen molar-refractivity contribution in [3.05, 3.63) is 23.2 Å².